The van der Waals surface area contributed by atoms with Gasteiger partial charge in [0.1, 0.15) is 0 Å². The average molecular weight is 397 g/mol. The van der Waals surface area contributed by atoms with Crippen LogP contribution in [0, 0.1) is 0 Å². The molecule has 0 radical (unpaired) electrons. The van der Waals surface area contributed by atoms with Crippen LogP contribution in [0.4, 0.5) is 26.3 Å². The number of aliphatic hydroxyl groups is 3. The Morgan fingerprint density at radius 1 is 0.962 bits per heavy atom. The van der Waals surface area contributed by atoms with E-state index in [9.17, 15) is 41.7 Å². The van der Waals surface area contributed by atoms with Crippen molar-refractivity contribution >= 4 is 0 Å². The van der Waals surface area contributed by atoms with Crippen LogP contribution in [-0.4, -0.2) is 83.2 Å². The van der Waals surface area contributed by atoms with Gasteiger partial charge >= 0.3 is 12.4 Å². The number of unbranched alkanes of at least 4 members (excludes halogenated alkanes) is 3. The van der Waals surface area contributed by atoms with Gasteiger partial charge in [-0.1, -0.05) is 12.8 Å². The average Bonchev–Trinajstić information content (AvgIpc) is 2.50. The van der Waals surface area contributed by atoms with E-state index in [1.807, 2.05) is 4.90 Å². The molecular formula is C15H25F6NO4. The summed E-state index contributed by atoms with van der Waals surface area (Å²) in [7, 11) is 0. The number of hydrogen-bond donors (Lipinski definition) is 3. The molecule has 0 aromatic rings. The minimum atomic E-state index is -5.49. The summed E-state index contributed by atoms with van der Waals surface area (Å²) in [5.41, 5.74) is 0. The van der Waals surface area contributed by atoms with E-state index in [1.54, 1.807) is 0 Å². The van der Waals surface area contributed by atoms with Crippen molar-refractivity contribution < 1.29 is 46.4 Å². The Bertz CT molecular complexity index is 393. The zero-order chi connectivity index (χ0) is 20.0. The van der Waals surface area contributed by atoms with Crippen LogP contribution in [0.2, 0.25) is 0 Å². The van der Waals surface area contributed by atoms with Gasteiger partial charge in [-0.25, -0.2) is 0 Å². The fourth-order valence-corrected chi connectivity index (χ4v) is 2.95. The quantitative estimate of drug-likeness (QED) is 0.409. The monoisotopic (exact) mass is 397 g/mol. The maximum atomic E-state index is 12.3. The Balaban J connectivity index is 2.23. The molecule has 1 fully saturated rings. The SMILES string of the molecule is OC[C@@H]1[C@@H](O)[C@H](O)CCN1CCCCCCOC(C(F)(F)F)C(F)(F)F. The normalized spacial score (nSPS) is 25.8. The molecule has 156 valence electrons. The van der Waals surface area contributed by atoms with E-state index in [4.69, 9.17) is 0 Å². The molecule has 0 aromatic heterocycles. The Hall–Kier alpha value is -0.620. The van der Waals surface area contributed by atoms with Crippen molar-refractivity contribution in [2.45, 2.75) is 68.8 Å². The Kier molecular flexibility index (Phi) is 9.07. The van der Waals surface area contributed by atoms with Crippen LogP contribution in [0.3, 0.4) is 0 Å². The molecule has 5 nitrogen and oxygen atoms in total. The topological polar surface area (TPSA) is 73.2 Å². The van der Waals surface area contributed by atoms with Gasteiger partial charge in [0.2, 0.25) is 6.10 Å². The van der Waals surface area contributed by atoms with Crippen LogP contribution in [-0.2, 0) is 4.74 Å². The lowest BCUT2D eigenvalue weighted by Gasteiger charge is -2.40. The molecule has 0 saturated carbocycles. The first kappa shape index (κ1) is 23.4. The molecule has 26 heavy (non-hydrogen) atoms. The van der Waals surface area contributed by atoms with Crippen LogP contribution < -0.4 is 0 Å². The number of likely N-dealkylation sites (tertiary alicyclic amines) is 1. The summed E-state index contributed by atoms with van der Waals surface area (Å²) in [6.45, 7) is 0.0366. The predicted molar refractivity (Wildman–Crippen MR) is 79.4 cm³/mol. The van der Waals surface area contributed by atoms with Crippen molar-refractivity contribution in [3.8, 4) is 0 Å². The first-order valence-electron chi connectivity index (χ1n) is 8.44. The molecule has 0 spiro atoms. The third kappa shape index (κ3) is 7.18. The Morgan fingerprint density at radius 2 is 1.54 bits per heavy atom. The van der Waals surface area contributed by atoms with Crippen LogP contribution in [0.25, 0.3) is 0 Å². The summed E-state index contributed by atoms with van der Waals surface area (Å²) >= 11 is 0. The van der Waals surface area contributed by atoms with Gasteiger partial charge in [-0.3, -0.25) is 4.90 Å². The molecule has 0 aliphatic carbocycles. The van der Waals surface area contributed by atoms with E-state index in [1.165, 1.54) is 0 Å². The standard InChI is InChI=1S/C15H25F6NO4/c16-14(17,18)13(15(19,20)21)26-8-4-2-1-3-6-22-7-5-11(24)12(25)10(22)9-23/h10-13,23-25H,1-9H2/t10-,11-,12-/m1/s1. The zero-order valence-corrected chi connectivity index (χ0v) is 14.1. The van der Waals surface area contributed by atoms with Crippen LogP contribution in [0.5, 0.6) is 0 Å². The molecule has 1 rings (SSSR count). The van der Waals surface area contributed by atoms with Crippen LogP contribution in [0.1, 0.15) is 32.1 Å². The van der Waals surface area contributed by atoms with Gasteiger partial charge in [0.15, 0.2) is 0 Å². The zero-order valence-electron chi connectivity index (χ0n) is 14.1. The first-order valence-corrected chi connectivity index (χ1v) is 8.44. The fourth-order valence-electron chi connectivity index (χ4n) is 2.95. The van der Waals surface area contributed by atoms with E-state index in [2.05, 4.69) is 4.74 Å². The molecule has 0 aromatic carbocycles. The minimum absolute atomic E-state index is 0.0629. The summed E-state index contributed by atoms with van der Waals surface area (Å²) in [5, 5.41) is 28.7. The second-order valence-electron chi connectivity index (χ2n) is 6.38. The van der Waals surface area contributed by atoms with E-state index < -0.39 is 43.3 Å². The van der Waals surface area contributed by atoms with Gasteiger partial charge in [-0.2, -0.15) is 26.3 Å². The van der Waals surface area contributed by atoms with Crippen molar-refractivity contribution in [1.29, 1.82) is 0 Å². The summed E-state index contributed by atoms with van der Waals surface area (Å²) in [4.78, 5) is 1.82. The number of halogens is 6. The van der Waals surface area contributed by atoms with Gasteiger partial charge in [-0.05, 0) is 25.8 Å². The number of alkyl halides is 6. The first-order chi connectivity index (χ1) is 12.0. The van der Waals surface area contributed by atoms with Crippen molar-refractivity contribution in [3.05, 3.63) is 0 Å². The van der Waals surface area contributed by atoms with Gasteiger partial charge in [0, 0.05) is 13.2 Å². The van der Waals surface area contributed by atoms with Gasteiger partial charge in [-0.15, -0.1) is 0 Å². The lowest BCUT2D eigenvalue weighted by atomic mass is 9.96. The summed E-state index contributed by atoms with van der Waals surface area (Å²) in [6.07, 6.45) is -14.7. The third-order valence-corrected chi connectivity index (χ3v) is 4.38. The molecule has 1 heterocycles. The molecule has 1 aliphatic heterocycles. The molecule has 0 amide bonds. The second kappa shape index (κ2) is 10.1. The van der Waals surface area contributed by atoms with Crippen molar-refractivity contribution in [2.75, 3.05) is 26.3 Å². The fraction of sp³-hybridized carbons (Fsp3) is 1.00. The number of rotatable bonds is 9. The largest absolute Gasteiger partial charge is 0.423 e. The minimum Gasteiger partial charge on any atom is -0.395 e. The molecule has 3 atom stereocenters. The van der Waals surface area contributed by atoms with Crippen molar-refractivity contribution in [1.82, 2.24) is 4.90 Å². The summed E-state index contributed by atoms with van der Waals surface area (Å²) < 4.78 is 77.6. The maximum Gasteiger partial charge on any atom is 0.423 e. The van der Waals surface area contributed by atoms with Gasteiger partial charge < -0.3 is 20.1 Å². The maximum absolute atomic E-state index is 12.3. The van der Waals surface area contributed by atoms with E-state index >= 15 is 0 Å². The molecule has 0 bridgehead atoms. The molecule has 1 saturated heterocycles. The van der Waals surface area contributed by atoms with E-state index in [-0.39, 0.29) is 13.0 Å². The highest BCUT2D eigenvalue weighted by Gasteiger charge is 2.57. The summed E-state index contributed by atoms with van der Waals surface area (Å²) in [6, 6.07) is -0.582. The van der Waals surface area contributed by atoms with Crippen molar-refractivity contribution in [3.63, 3.8) is 0 Å². The number of aliphatic hydroxyl groups excluding tert-OH is 3. The predicted octanol–water partition coefficient (Wildman–Crippen LogP) is 1.84. The number of nitrogens with zero attached hydrogens (tertiary/aromatic N) is 1. The Labute approximate surface area is 147 Å². The smallest absolute Gasteiger partial charge is 0.395 e. The highest BCUT2D eigenvalue weighted by Crippen LogP contribution is 2.35. The third-order valence-electron chi connectivity index (χ3n) is 4.38. The number of ether oxygens (including phenoxy) is 1. The second-order valence-corrected chi connectivity index (χ2v) is 6.38. The number of hydrogen-bond acceptors (Lipinski definition) is 5. The molecule has 11 heteroatoms. The van der Waals surface area contributed by atoms with E-state index in [0.29, 0.717) is 38.8 Å². The molecule has 1 aliphatic rings. The summed E-state index contributed by atoms with van der Waals surface area (Å²) in [5.74, 6) is 0. The molecular weight excluding hydrogens is 372 g/mol. The van der Waals surface area contributed by atoms with E-state index in [0.717, 1.165) is 0 Å². The molecule has 3 N–H and O–H groups in total. The highest BCUT2D eigenvalue weighted by molar-refractivity contribution is 4.89. The number of piperidine rings is 1. The van der Waals surface area contributed by atoms with Gasteiger partial charge in [0.25, 0.3) is 0 Å². The van der Waals surface area contributed by atoms with Crippen molar-refractivity contribution in [2.24, 2.45) is 0 Å². The van der Waals surface area contributed by atoms with Crippen LogP contribution >= 0.6 is 0 Å². The lowest BCUT2D eigenvalue weighted by molar-refractivity contribution is -0.321. The lowest BCUT2D eigenvalue weighted by Crippen LogP contribution is -2.56. The Morgan fingerprint density at radius 3 is 2.08 bits per heavy atom. The highest BCUT2D eigenvalue weighted by atomic mass is 19.4. The van der Waals surface area contributed by atoms with Crippen LogP contribution in [0.15, 0.2) is 0 Å². The molecule has 0 unspecified atom stereocenters. The van der Waals surface area contributed by atoms with Gasteiger partial charge in [0.05, 0.1) is 24.9 Å².